The largest absolute Gasteiger partial charge is 0.465 e. The van der Waals surface area contributed by atoms with E-state index in [1.807, 2.05) is 0 Å². The van der Waals surface area contributed by atoms with Gasteiger partial charge in [-0.1, -0.05) is 18.7 Å². The van der Waals surface area contributed by atoms with Crippen molar-refractivity contribution < 1.29 is 19.1 Å². The Hall–Kier alpha value is -2.32. The van der Waals surface area contributed by atoms with Crippen LogP contribution in [0.3, 0.4) is 0 Å². The molecule has 0 bridgehead atoms. The summed E-state index contributed by atoms with van der Waals surface area (Å²) in [5, 5.41) is 0. The minimum Gasteiger partial charge on any atom is -0.465 e. The zero-order chi connectivity index (χ0) is 13.3. The first-order chi connectivity index (χ1) is 8.56. The number of hydrogen-bond donors (Lipinski definition) is 0. The van der Waals surface area contributed by atoms with Crippen molar-refractivity contribution in [1.82, 2.24) is 0 Å². The predicted molar refractivity (Wildman–Crippen MR) is 64.6 cm³/mol. The maximum atomic E-state index is 12.3. The number of esters is 1. The van der Waals surface area contributed by atoms with Crippen molar-refractivity contribution in [3.63, 3.8) is 0 Å². The summed E-state index contributed by atoms with van der Waals surface area (Å²) in [7, 11) is 1.20. The fraction of sp³-hybridized carbons (Fsp3) is 0.214. The van der Waals surface area contributed by atoms with Gasteiger partial charge in [0.1, 0.15) is 5.75 Å². The Kier molecular flexibility index (Phi) is 2.81. The van der Waals surface area contributed by atoms with Gasteiger partial charge < -0.3 is 9.47 Å². The van der Waals surface area contributed by atoms with Crippen LogP contribution in [0, 0.1) is 6.92 Å². The number of aryl methyl sites for hydroxylation is 1. The van der Waals surface area contributed by atoms with Gasteiger partial charge in [0.15, 0.2) is 0 Å². The second-order valence-corrected chi connectivity index (χ2v) is 3.96. The average Bonchev–Trinajstić information content (AvgIpc) is 2.66. The number of benzene rings is 1. The molecule has 1 heterocycles. The van der Waals surface area contributed by atoms with Gasteiger partial charge in [-0.25, -0.2) is 4.79 Å². The highest BCUT2D eigenvalue weighted by Gasteiger charge is 2.54. The van der Waals surface area contributed by atoms with Gasteiger partial charge in [-0.2, -0.15) is 0 Å². The van der Waals surface area contributed by atoms with Crippen LogP contribution < -0.4 is 4.74 Å². The number of ketones is 1. The molecule has 0 radical (unpaired) electrons. The van der Waals surface area contributed by atoms with Crippen molar-refractivity contribution >= 4 is 11.8 Å². The SMILES string of the molecule is C=C=CC1(C(=O)OC)Oc2c(C)cccc2C1=O. The number of carbonyl (C=O) groups is 2. The first-order valence-electron chi connectivity index (χ1n) is 5.35. The van der Waals surface area contributed by atoms with Crippen LogP contribution in [-0.2, 0) is 9.53 Å². The molecule has 4 nitrogen and oxygen atoms in total. The molecule has 0 spiro atoms. The minimum absolute atomic E-state index is 0.368. The molecule has 0 saturated heterocycles. The third kappa shape index (κ3) is 1.47. The lowest BCUT2D eigenvalue weighted by Crippen LogP contribution is -2.47. The Morgan fingerprint density at radius 2 is 2.28 bits per heavy atom. The number of para-hydroxylation sites is 1. The molecule has 1 aliphatic rings. The van der Waals surface area contributed by atoms with Crippen molar-refractivity contribution in [2.75, 3.05) is 7.11 Å². The van der Waals surface area contributed by atoms with Crippen LogP contribution in [0.25, 0.3) is 0 Å². The predicted octanol–water partition coefficient (Wildman–Crippen LogP) is 1.82. The van der Waals surface area contributed by atoms with E-state index in [1.165, 1.54) is 13.2 Å². The van der Waals surface area contributed by atoms with Crippen LogP contribution in [0.4, 0.5) is 0 Å². The molecule has 2 rings (SSSR count). The van der Waals surface area contributed by atoms with Gasteiger partial charge in [0.05, 0.1) is 12.7 Å². The standard InChI is InChI=1S/C14H12O4/c1-4-8-14(13(16)17-3)12(15)10-7-5-6-9(2)11(10)18-14/h5-8H,1H2,2-3H3. The third-order valence-corrected chi connectivity index (χ3v) is 2.85. The van der Waals surface area contributed by atoms with Crippen LogP contribution in [0.15, 0.2) is 36.6 Å². The van der Waals surface area contributed by atoms with Crippen LogP contribution >= 0.6 is 0 Å². The van der Waals surface area contributed by atoms with E-state index in [-0.39, 0.29) is 0 Å². The van der Waals surface area contributed by atoms with Crippen LogP contribution in [0.1, 0.15) is 15.9 Å². The Bertz CT molecular complexity index is 581. The molecule has 1 aromatic carbocycles. The normalized spacial score (nSPS) is 20.7. The first kappa shape index (κ1) is 12.1. The van der Waals surface area contributed by atoms with E-state index in [2.05, 4.69) is 17.0 Å². The Morgan fingerprint density at radius 3 is 2.83 bits per heavy atom. The van der Waals surface area contributed by atoms with Gasteiger partial charge in [0.2, 0.25) is 5.78 Å². The molecule has 1 unspecified atom stereocenters. The van der Waals surface area contributed by atoms with E-state index in [0.717, 1.165) is 5.56 Å². The quantitative estimate of drug-likeness (QED) is 0.452. The van der Waals surface area contributed by atoms with Gasteiger partial charge in [-0.05, 0) is 18.6 Å². The molecule has 0 aromatic heterocycles. The van der Waals surface area contributed by atoms with E-state index < -0.39 is 17.4 Å². The van der Waals surface area contributed by atoms with Gasteiger partial charge >= 0.3 is 5.97 Å². The zero-order valence-corrected chi connectivity index (χ0v) is 10.1. The first-order valence-corrected chi connectivity index (χ1v) is 5.35. The maximum Gasteiger partial charge on any atom is 0.363 e. The summed E-state index contributed by atoms with van der Waals surface area (Å²) in [5.74, 6) is -0.831. The number of fused-ring (bicyclic) bond motifs is 1. The number of rotatable bonds is 2. The molecule has 0 amide bonds. The van der Waals surface area contributed by atoms with Gasteiger partial charge in [-0.15, -0.1) is 5.73 Å². The molecular formula is C14H12O4. The molecule has 1 aromatic rings. The summed E-state index contributed by atoms with van der Waals surface area (Å²) in [5.41, 5.74) is 1.79. The second-order valence-electron chi connectivity index (χ2n) is 3.96. The van der Waals surface area contributed by atoms with Crippen molar-refractivity contribution in [2.24, 2.45) is 0 Å². The number of ether oxygens (including phenoxy) is 2. The Labute approximate surface area is 105 Å². The molecule has 18 heavy (non-hydrogen) atoms. The van der Waals surface area contributed by atoms with Crippen molar-refractivity contribution in [3.8, 4) is 5.75 Å². The summed E-state index contributed by atoms with van der Waals surface area (Å²) in [6.45, 7) is 5.19. The lowest BCUT2D eigenvalue weighted by Gasteiger charge is -2.19. The van der Waals surface area contributed by atoms with E-state index in [9.17, 15) is 9.59 Å². The van der Waals surface area contributed by atoms with Crippen molar-refractivity contribution in [3.05, 3.63) is 47.7 Å². The minimum atomic E-state index is -1.79. The summed E-state index contributed by atoms with van der Waals surface area (Å²) in [4.78, 5) is 24.2. The lowest BCUT2D eigenvalue weighted by atomic mass is 9.95. The zero-order valence-electron chi connectivity index (χ0n) is 10.1. The monoisotopic (exact) mass is 244 g/mol. The number of carbonyl (C=O) groups excluding carboxylic acids is 2. The topological polar surface area (TPSA) is 52.6 Å². The van der Waals surface area contributed by atoms with Crippen LogP contribution in [0.5, 0.6) is 5.75 Å². The average molecular weight is 244 g/mol. The molecule has 0 fully saturated rings. The Morgan fingerprint density at radius 1 is 1.56 bits per heavy atom. The van der Waals surface area contributed by atoms with Gasteiger partial charge in [0, 0.05) is 6.08 Å². The fourth-order valence-corrected chi connectivity index (χ4v) is 1.96. The van der Waals surface area contributed by atoms with Crippen LogP contribution in [0.2, 0.25) is 0 Å². The molecule has 92 valence electrons. The summed E-state index contributed by atoms with van der Waals surface area (Å²) in [6, 6.07) is 5.16. The highest BCUT2D eigenvalue weighted by atomic mass is 16.6. The van der Waals surface area contributed by atoms with Crippen molar-refractivity contribution in [2.45, 2.75) is 12.5 Å². The smallest absolute Gasteiger partial charge is 0.363 e. The number of methoxy groups -OCH3 is 1. The van der Waals surface area contributed by atoms with Crippen molar-refractivity contribution in [1.29, 1.82) is 0 Å². The molecule has 1 aliphatic heterocycles. The molecular weight excluding hydrogens is 232 g/mol. The molecule has 0 aliphatic carbocycles. The van der Waals surface area contributed by atoms with E-state index in [0.29, 0.717) is 11.3 Å². The number of Topliss-reactive ketones (excluding diaryl/α,β-unsaturated/α-hetero) is 1. The molecule has 1 atom stereocenters. The second kappa shape index (κ2) is 4.17. The number of hydrogen-bond acceptors (Lipinski definition) is 4. The molecule has 0 saturated carbocycles. The Balaban J connectivity index is 2.63. The molecule has 4 heteroatoms. The summed E-state index contributed by atoms with van der Waals surface area (Å²) >= 11 is 0. The maximum absolute atomic E-state index is 12.3. The van der Waals surface area contributed by atoms with E-state index in [4.69, 9.17) is 4.74 Å². The highest BCUT2D eigenvalue weighted by molar-refractivity contribution is 6.21. The summed E-state index contributed by atoms with van der Waals surface area (Å²) < 4.78 is 10.2. The molecule has 0 N–H and O–H groups in total. The lowest BCUT2D eigenvalue weighted by molar-refractivity contribution is -0.150. The van der Waals surface area contributed by atoms with E-state index in [1.54, 1.807) is 25.1 Å². The van der Waals surface area contributed by atoms with E-state index >= 15 is 0 Å². The van der Waals surface area contributed by atoms with Crippen LogP contribution in [-0.4, -0.2) is 24.5 Å². The third-order valence-electron chi connectivity index (χ3n) is 2.85. The van der Waals surface area contributed by atoms with Gasteiger partial charge in [0.25, 0.3) is 5.60 Å². The highest BCUT2D eigenvalue weighted by Crippen LogP contribution is 2.38. The van der Waals surface area contributed by atoms with Gasteiger partial charge in [-0.3, -0.25) is 4.79 Å². The summed E-state index contributed by atoms with van der Waals surface area (Å²) in [6.07, 6.45) is 1.20. The fourth-order valence-electron chi connectivity index (χ4n) is 1.96.